The Bertz CT molecular complexity index is 544. The number of carbonyl (C=O) groups excluding carboxylic acids is 2. The van der Waals surface area contributed by atoms with Gasteiger partial charge in [0.1, 0.15) is 6.04 Å². The zero-order chi connectivity index (χ0) is 17.5. The predicted octanol–water partition coefficient (Wildman–Crippen LogP) is 1.08. The van der Waals surface area contributed by atoms with Crippen LogP contribution in [-0.2, 0) is 14.3 Å². The third kappa shape index (κ3) is 4.55. The lowest BCUT2D eigenvalue weighted by Crippen LogP contribution is -2.52. The van der Waals surface area contributed by atoms with Crippen LogP contribution in [0.4, 0.5) is 0 Å². The fourth-order valence-electron chi connectivity index (χ4n) is 2.77. The van der Waals surface area contributed by atoms with E-state index in [0.717, 1.165) is 5.56 Å². The highest BCUT2D eigenvalue weighted by molar-refractivity contribution is 5.88. The first-order chi connectivity index (χ1) is 11.5. The molecule has 132 valence electrons. The van der Waals surface area contributed by atoms with Gasteiger partial charge in [0, 0.05) is 19.1 Å². The van der Waals surface area contributed by atoms with Gasteiger partial charge in [-0.1, -0.05) is 44.2 Å². The highest BCUT2D eigenvalue weighted by Crippen LogP contribution is 2.19. The Morgan fingerprint density at radius 3 is 2.46 bits per heavy atom. The topological polar surface area (TPSA) is 84.7 Å². The van der Waals surface area contributed by atoms with Crippen molar-refractivity contribution >= 4 is 11.8 Å². The summed E-state index contributed by atoms with van der Waals surface area (Å²) >= 11 is 0. The van der Waals surface area contributed by atoms with Gasteiger partial charge in [0.25, 0.3) is 0 Å². The number of hydrogen-bond donors (Lipinski definition) is 2. The van der Waals surface area contributed by atoms with Crippen molar-refractivity contribution < 1.29 is 14.3 Å². The van der Waals surface area contributed by atoms with Crippen molar-refractivity contribution in [2.75, 3.05) is 26.3 Å². The smallest absolute Gasteiger partial charge is 0.245 e. The number of rotatable bonds is 6. The summed E-state index contributed by atoms with van der Waals surface area (Å²) in [6.45, 7) is 5.93. The van der Waals surface area contributed by atoms with Crippen LogP contribution in [0.15, 0.2) is 30.3 Å². The van der Waals surface area contributed by atoms with Crippen molar-refractivity contribution in [3.63, 3.8) is 0 Å². The average molecular weight is 333 g/mol. The van der Waals surface area contributed by atoms with E-state index in [0.29, 0.717) is 32.7 Å². The van der Waals surface area contributed by atoms with Gasteiger partial charge in [-0.25, -0.2) is 0 Å². The van der Waals surface area contributed by atoms with Gasteiger partial charge in [-0.2, -0.15) is 0 Å². The second kappa shape index (κ2) is 8.80. The van der Waals surface area contributed by atoms with Gasteiger partial charge in [0.2, 0.25) is 11.8 Å². The van der Waals surface area contributed by atoms with Crippen LogP contribution >= 0.6 is 0 Å². The van der Waals surface area contributed by atoms with Crippen molar-refractivity contribution in [2.24, 2.45) is 11.7 Å². The number of benzene rings is 1. The SMILES string of the molecule is CCC(NC(=O)C(C)C(N)c1ccccc1)C(=O)N1CCOCC1. The Hall–Kier alpha value is -1.92. The van der Waals surface area contributed by atoms with Crippen molar-refractivity contribution in [1.82, 2.24) is 10.2 Å². The van der Waals surface area contributed by atoms with Crippen molar-refractivity contribution in [3.05, 3.63) is 35.9 Å². The Kier molecular flexibility index (Phi) is 6.75. The van der Waals surface area contributed by atoms with Crippen LogP contribution in [0.25, 0.3) is 0 Å². The van der Waals surface area contributed by atoms with E-state index in [9.17, 15) is 9.59 Å². The Labute approximate surface area is 143 Å². The molecule has 0 aromatic heterocycles. The largest absolute Gasteiger partial charge is 0.378 e. The van der Waals surface area contributed by atoms with Gasteiger partial charge in [0.15, 0.2) is 0 Å². The normalized spacial score (nSPS) is 18.5. The summed E-state index contributed by atoms with van der Waals surface area (Å²) in [4.78, 5) is 26.8. The molecule has 6 heteroatoms. The second-order valence-electron chi connectivity index (χ2n) is 6.13. The molecule has 0 radical (unpaired) electrons. The fourth-order valence-corrected chi connectivity index (χ4v) is 2.77. The molecular formula is C18H27N3O3. The molecule has 0 saturated carbocycles. The molecule has 3 atom stereocenters. The molecule has 0 bridgehead atoms. The maximum Gasteiger partial charge on any atom is 0.245 e. The molecule has 24 heavy (non-hydrogen) atoms. The third-order valence-corrected chi connectivity index (χ3v) is 4.48. The number of nitrogens with one attached hydrogen (secondary N) is 1. The van der Waals surface area contributed by atoms with E-state index in [2.05, 4.69) is 5.32 Å². The highest BCUT2D eigenvalue weighted by Gasteiger charge is 2.29. The molecule has 3 unspecified atom stereocenters. The minimum atomic E-state index is -0.513. The number of amides is 2. The van der Waals surface area contributed by atoms with Crippen molar-refractivity contribution in [1.29, 1.82) is 0 Å². The molecule has 1 saturated heterocycles. The van der Waals surface area contributed by atoms with E-state index in [4.69, 9.17) is 10.5 Å². The van der Waals surface area contributed by atoms with Crippen LogP contribution in [0.2, 0.25) is 0 Å². The van der Waals surface area contributed by atoms with Gasteiger partial charge >= 0.3 is 0 Å². The number of ether oxygens (including phenoxy) is 1. The first-order valence-corrected chi connectivity index (χ1v) is 8.52. The van der Waals surface area contributed by atoms with Gasteiger partial charge in [-0.05, 0) is 12.0 Å². The Balaban J connectivity index is 1.96. The standard InChI is InChI=1S/C18H27N3O3/c1-3-15(18(23)21-9-11-24-12-10-21)20-17(22)13(2)16(19)14-7-5-4-6-8-14/h4-8,13,15-16H,3,9-12,19H2,1-2H3,(H,20,22). The zero-order valence-electron chi connectivity index (χ0n) is 14.4. The van der Waals surface area contributed by atoms with Crippen LogP contribution in [0.5, 0.6) is 0 Å². The lowest BCUT2D eigenvalue weighted by Gasteiger charge is -2.31. The maximum absolute atomic E-state index is 12.6. The van der Waals surface area contributed by atoms with Crippen LogP contribution < -0.4 is 11.1 Å². The van der Waals surface area contributed by atoms with E-state index in [1.807, 2.05) is 37.3 Å². The van der Waals surface area contributed by atoms with Crippen molar-refractivity contribution in [2.45, 2.75) is 32.4 Å². The molecule has 1 heterocycles. The minimum absolute atomic E-state index is 0.0466. The molecule has 3 N–H and O–H groups in total. The molecule has 6 nitrogen and oxygen atoms in total. The quantitative estimate of drug-likeness (QED) is 0.816. The predicted molar refractivity (Wildman–Crippen MR) is 92.2 cm³/mol. The Morgan fingerprint density at radius 1 is 1.25 bits per heavy atom. The van der Waals surface area contributed by atoms with Gasteiger partial charge < -0.3 is 20.7 Å². The molecule has 1 aliphatic heterocycles. The van der Waals surface area contributed by atoms with Crippen molar-refractivity contribution in [3.8, 4) is 0 Å². The van der Waals surface area contributed by atoms with E-state index in [1.54, 1.807) is 11.8 Å². The highest BCUT2D eigenvalue weighted by atomic mass is 16.5. The molecule has 0 aliphatic carbocycles. The summed E-state index contributed by atoms with van der Waals surface area (Å²) in [5, 5.41) is 2.86. The molecule has 1 aromatic rings. The molecule has 2 amide bonds. The second-order valence-corrected chi connectivity index (χ2v) is 6.13. The van der Waals surface area contributed by atoms with Gasteiger partial charge in [-0.15, -0.1) is 0 Å². The van der Waals surface area contributed by atoms with E-state index in [-0.39, 0.29) is 11.8 Å². The summed E-state index contributed by atoms with van der Waals surface area (Å²) < 4.78 is 5.27. The lowest BCUT2D eigenvalue weighted by atomic mass is 9.94. The molecule has 2 rings (SSSR count). The van der Waals surface area contributed by atoms with Crippen LogP contribution in [0.3, 0.4) is 0 Å². The zero-order valence-corrected chi connectivity index (χ0v) is 14.4. The number of carbonyl (C=O) groups is 2. The fraction of sp³-hybridized carbons (Fsp3) is 0.556. The van der Waals surface area contributed by atoms with Gasteiger partial charge in [-0.3, -0.25) is 9.59 Å². The third-order valence-electron chi connectivity index (χ3n) is 4.48. The number of nitrogens with two attached hydrogens (primary N) is 1. The number of hydrogen-bond acceptors (Lipinski definition) is 4. The number of nitrogens with zero attached hydrogens (tertiary/aromatic N) is 1. The van der Waals surface area contributed by atoms with E-state index < -0.39 is 18.0 Å². The number of morpholine rings is 1. The molecule has 1 aromatic carbocycles. The summed E-state index contributed by atoms with van der Waals surface area (Å²) in [6.07, 6.45) is 0.551. The van der Waals surface area contributed by atoms with Gasteiger partial charge in [0.05, 0.1) is 19.1 Å². The monoisotopic (exact) mass is 333 g/mol. The lowest BCUT2D eigenvalue weighted by molar-refractivity contribution is -0.140. The summed E-state index contributed by atoms with van der Waals surface area (Å²) in [5.74, 6) is -0.659. The van der Waals surface area contributed by atoms with E-state index >= 15 is 0 Å². The summed E-state index contributed by atoms with van der Waals surface area (Å²) in [7, 11) is 0. The van der Waals surface area contributed by atoms with E-state index in [1.165, 1.54) is 0 Å². The summed E-state index contributed by atoms with van der Waals surface area (Å²) in [6, 6.07) is 8.61. The Morgan fingerprint density at radius 2 is 1.88 bits per heavy atom. The van der Waals surface area contributed by atoms with Crippen LogP contribution in [-0.4, -0.2) is 49.1 Å². The molecular weight excluding hydrogens is 306 g/mol. The summed E-state index contributed by atoms with van der Waals surface area (Å²) in [5.41, 5.74) is 7.11. The first-order valence-electron chi connectivity index (χ1n) is 8.52. The van der Waals surface area contributed by atoms with Crippen LogP contribution in [0.1, 0.15) is 31.9 Å². The molecule has 0 spiro atoms. The minimum Gasteiger partial charge on any atom is -0.378 e. The average Bonchev–Trinajstić information content (AvgIpc) is 2.65. The molecule has 1 fully saturated rings. The first kappa shape index (κ1) is 18.4. The van der Waals surface area contributed by atoms with Crippen LogP contribution in [0, 0.1) is 5.92 Å². The molecule has 1 aliphatic rings. The maximum atomic E-state index is 12.6.